The number of fused-ring (bicyclic) bond motifs is 1. The van der Waals surface area contributed by atoms with Crippen molar-refractivity contribution in [1.29, 1.82) is 0 Å². The van der Waals surface area contributed by atoms with Gasteiger partial charge in [0.25, 0.3) is 0 Å². The third-order valence-electron chi connectivity index (χ3n) is 5.22. The Morgan fingerprint density at radius 3 is 2.55 bits per heavy atom. The normalized spacial score (nSPS) is 12.0. The molecule has 0 amide bonds. The molecule has 7 nitrogen and oxygen atoms in total. The summed E-state index contributed by atoms with van der Waals surface area (Å²) in [6.45, 7) is 2.08. The van der Waals surface area contributed by atoms with Gasteiger partial charge in [0.2, 0.25) is 5.95 Å². The van der Waals surface area contributed by atoms with Gasteiger partial charge in [-0.15, -0.1) is 0 Å². The van der Waals surface area contributed by atoms with Crippen molar-refractivity contribution in [1.82, 2.24) is 19.5 Å². The van der Waals surface area contributed by atoms with Crippen molar-refractivity contribution >= 4 is 17.0 Å². The monoisotopic (exact) mass is 408 g/mol. The number of anilines is 1. The largest absolute Gasteiger partial charge is 0.619 e. The van der Waals surface area contributed by atoms with Gasteiger partial charge in [0.15, 0.2) is 12.4 Å². The van der Waals surface area contributed by atoms with E-state index < -0.39 is 0 Å². The van der Waals surface area contributed by atoms with Crippen LogP contribution >= 0.6 is 0 Å². The first-order valence-corrected chi connectivity index (χ1v) is 9.98. The van der Waals surface area contributed by atoms with Gasteiger partial charge in [-0.05, 0) is 41.8 Å². The average molecular weight is 408 g/mol. The van der Waals surface area contributed by atoms with Crippen molar-refractivity contribution in [3.05, 3.63) is 102 Å². The highest BCUT2D eigenvalue weighted by Gasteiger charge is 2.11. The number of benzene rings is 2. The summed E-state index contributed by atoms with van der Waals surface area (Å²) >= 11 is 0. The van der Waals surface area contributed by atoms with E-state index in [0.29, 0.717) is 5.95 Å². The molecule has 31 heavy (non-hydrogen) atoms. The fourth-order valence-electron chi connectivity index (χ4n) is 3.55. The molecule has 0 spiro atoms. The summed E-state index contributed by atoms with van der Waals surface area (Å²) in [4.78, 5) is 13.6. The Bertz CT molecular complexity index is 1330. The van der Waals surface area contributed by atoms with E-state index >= 15 is 0 Å². The van der Waals surface area contributed by atoms with Crippen molar-refractivity contribution in [3.63, 3.8) is 0 Å². The molecule has 0 radical (unpaired) electrons. The smallest absolute Gasteiger partial charge is 0.225 e. The highest BCUT2D eigenvalue weighted by molar-refractivity contribution is 5.83. The molecule has 3 heterocycles. The number of imidazole rings is 1. The molecular formula is C24H20N6O. The van der Waals surface area contributed by atoms with Crippen LogP contribution in [0.1, 0.15) is 18.5 Å². The maximum atomic E-state index is 11.3. The van der Waals surface area contributed by atoms with E-state index in [1.165, 1.54) is 18.0 Å². The van der Waals surface area contributed by atoms with Gasteiger partial charge in [0.05, 0.1) is 17.1 Å². The Morgan fingerprint density at radius 2 is 1.74 bits per heavy atom. The van der Waals surface area contributed by atoms with Gasteiger partial charge in [0.1, 0.15) is 12.1 Å². The SMILES string of the molecule is C[C@H](Nc1nccc(-n2cnc3cc(-c4cc[n+]([O-])cc4)ccc32)n1)c1ccccc1. The van der Waals surface area contributed by atoms with E-state index in [1.807, 2.05) is 47.0 Å². The predicted octanol–water partition coefficient (Wildman–Crippen LogP) is 4.29. The summed E-state index contributed by atoms with van der Waals surface area (Å²) in [5.74, 6) is 1.29. The molecule has 0 aliphatic carbocycles. The van der Waals surface area contributed by atoms with Crippen molar-refractivity contribution in [2.75, 3.05) is 5.32 Å². The summed E-state index contributed by atoms with van der Waals surface area (Å²) in [6, 6.07) is 21.7. The lowest BCUT2D eigenvalue weighted by Crippen LogP contribution is -2.23. The van der Waals surface area contributed by atoms with Crippen molar-refractivity contribution in [3.8, 4) is 16.9 Å². The number of pyridine rings is 1. The lowest BCUT2D eigenvalue weighted by atomic mass is 10.1. The Balaban J connectivity index is 1.44. The fourth-order valence-corrected chi connectivity index (χ4v) is 3.55. The Morgan fingerprint density at radius 1 is 0.935 bits per heavy atom. The third kappa shape index (κ3) is 3.81. The van der Waals surface area contributed by atoms with Crippen LogP contribution in [0.4, 0.5) is 5.95 Å². The second-order valence-electron chi connectivity index (χ2n) is 7.28. The first-order chi connectivity index (χ1) is 15.2. The van der Waals surface area contributed by atoms with Crippen LogP contribution in [0.5, 0.6) is 0 Å². The molecule has 0 aliphatic heterocycles. The van der Waals surface area contributed by atoms with Crippen molar-refractivity contribution in [2.45, 2.75) is 13.0 Å². The summed E-state index contributed by atoms with van der Waals surface area (Å²) in [5, 5.41) is 14.6. The number of hydrogen-bond donors (Lipinski definition) is 1. The molecule has 5 aromatic rings. The topological polar surface area (TPSA) is 82.6 Å². The van der Waals surface area contributed by atoms with Crippen molar-refractivity contribution < 1.29 is 4.73 Å². The van der Waals surface area contributed by atoms with Gasteiger partial charge in [-0.1, -0.05) is 36.4 Å². The first-order valence-electron chi connectivity index (χ1n) is 9.98. The van der Waals surface area contributed by atoms with E-state index in [-0.39, 0.29) is 6.04 Å². The number of rotatable bonds is 5. The van der Waals surface area contributed by atoms with E-state index in [1.54, 1.807) is 24.7 Å². The van der Waals surface area contributed by atoms with Gasteiger partial charge in [-0.25, -0.2) is 9.97 Å². The second kappa shape index (κ2) is 7.87. The van der Waals surface area contributed by atoms with Crippen LogP contribution in [0.25, 0.3) is 28.0 Å². The van der Waals surface area contributed by atoms with Gasteiger partial charge in [0, 0.05) is 18.3 Å². The zero-order valence-corrected chi connectivity index (χ0v) is 16.9. The zero-order valence-electron chi connectivity index (χ0n) is 16.9. The van der Waals surface area contributed by atoms with Crippen LogP contribution < -0.4 is 10.0 Å². The second-order valence-corrected chi connectivity index (χ2v) is 7.28. The van der Waals surface area contributed by atoms with Crippen LogP contribution in [0.15, 0.2) is 91.6 Å². The Hall–Kier alpha value is -4.26. The molecule has 1 atom stereocenters. The minimum Gasteiger partial charge on any atom is -0.619 e. The molecular weight excluding hydrogens is 388 g/mol. The molecule has 7 heteroatoms. The summed E-state index contributed by atoms with van der Waals surface area (Å²) in [6.07, 6.45) is 6.48. The lowest BCUT2D eigenvalue weighted by molar-refractivity contribution is -0.605. The fraction of sp³-hybridized carbons (Fsp3) is 0.0833. The molecule has 1 N–H and O–H groups in total. The highest BCUT2D eigenvalue weighted by atomic mass is 16.5. The molecule has 0 fully saturated rings. The molecule has 0 saturated carbocycles. The maximum absolute atomic E-state index is 11.3. The van der Waals surface area contributed by atoms with Crippen LogP contribution in [-0.2, 0) is 0 Å². The molecule has 0 bridgehead atoms. The molecule has 0 saturated heterocycles. The number of nitrogens with one attached hydrogen (secondary N) is 1. The Kier molecular flexibility index (Phi) is 4.76. The zero-order chi connectivity index (χ0) is 21.2. The van der Waals surface area contributed by atoms with Crippen LogP contribution in [0.2, 0.25) is 0 Å². The van der Waals surface area contributed by atoms with Crippen LogP contribution in [0, 0.1) is 5.21 Å². The van der Waals surface area contributed by atoms with Gasteiger partial charge in [-0.2, -0.15) is 9.71 Å². The number of hydrogen-bond acceptors (Lipinski definition) is 5. The molecule has 152 valence electrons. The summed E-state index contributed by atoms with van der Waals surface area (Å²) in [7, 11) is 0. The summed E-state index contributed by atoms with van der Waals surface area (Å²) in [5.41, 5.74) is 4.93. The lowest BCUT2D eigenvalue weighted by Gasteiger charge is -2.14. The van der Waals surface area contributed by atoms with E-state index in [9.17, 15) is 5.21 Å². The standard InChI is InChI=1S/C24H20N6O/c1-17(18-5-3-2-4-6-18)27-24-25-12-9-23(28-24)30-16-26-21-15-20(7-8-22(21)30)19-10-13-29(31)14-11-19/h2-17H,1H3,(H,25,27,28)/t17-/m0/s1. The van der Waals surface area contributed by atoms with Gasteiger partial charge < -0.3 is 10.5 Å². The van der Waals surface area contributed by atoms with Crippen LogP contribution in [-0.4, -0.2) is 19.5 Å². The highest BCUT2D eigenvalue weighted by Crippen LogP contribution is 2.25. The maximum Gasteiger partial charge on any atom is 0.225 e. The van der Waals surface area contributed by atoms with Crippen LogP contribution in [0.3, 0.4) is 0 Å². The first kappa shape index (κ1) is 18.7. The number of nitrogens with zero attached hydrogens (tertiary/aromatic N) is 5. The van der Waals surface area contributed by atoms with E-state index in [0.717, 1.165) is 32.7 Å². The third-order valence-corrected chi connectivity index (χ3v) is 5.22. The molecule has 0 unspecified atom stereocenters. The molecule has 0 aliphatic rings. The summed E-state index contributed by atoms with van der Waals surface area (Å²) < 4.78 is 2.71. The number of aromatic nitrogens is 5. The molecule has 5 rings (SSSR count). The van der Waals surface area contributed by atoms with Gasteiger partial charge in [-0.3, -0.25) is 4.57 Å². The molecule has 2 aromatic carbocycles. The van der Waals surface area contributed by atoms with Crippen molar-refractivity contribution in [2.24, 2.45) is 0 Å². The van der Waals surface area contributed by atoms with E-state index in [2.05, 4.69) is 39.3 Å². The predicted molar refractivity (Wildman–Crippen MR) is 120 cm³/mol. The minimum atomic E-state index is 0.0808. The van der Waals surface area contributed by atoms with E-state index in [4.69, 9.17) is 0 Å². The minimum absolute atomic E-state index is 0.0808. The Labute approximate surface area is 179 Å². The van der Waals surface area contributed by atoms with Gasteiger partial charge >= 0.3 is 0 Å². The average Bonchev–Trinajstić information content (AvgIpc) is 3.24. The molecule has 3 aromatic heterocycles. The quantitative estimate of drug-likeness (QED) is 0.347.